The van der Waals surface area contributed by atoms with Crippen LogP contribution in [0.2, 0.25) is 0 Å². The van der Waals surface area contributed by atoms with E-state index in [1.54, 1.807) is 6.07 Å². The zero-order chi connectivity index (χ0) is 10.6. The summed E-state index contributed by atoms with van der Waals surface area (Å²) < 4.78 is 13.6. The van der Waals surface area contributed by atoms with Gasteiger partial charge in [-0.25, -0.2) is 4.39 Å². The Morgan fingerprint density at radius 3 is 3.00 bits per heavy atom. The first-order valence-electron chi connectivity index (χ1n) is 4.15. The molecule has 0 radical (unpaired) electrons. The third kappa shape index (κ3) is 2.99. The molecular formula is C9H11BrFN3. The number of benzene rings is 1. The fourth-order valence-electron chi connectivity index (χ4n) is 0.941. The summed E-state index contributed by atoms with van der Waals surface area (Å²) in [5.74, 6) is -0.0428. The van der Waals surface area contributed by atoms with Gasteiger partial charge in [0.05, 0.1) is 5.69 Å². The maximum Gasteiger partial charge on any atom is 0.193 e. The molecule has 0 aromatic heterocycles. The molecule has 0 aliphatic carbocycles. The minimum absolute atomic E-state index is 0.277. The van der Waals surface area contributed by atoms with Crippen molar-refractivity contribution in [2.24, 2.45) is 10.7 Å². The smallest absolute Gasteiger partial charge is 0.193 e. The van der Waals surface area contributed by atoms with Crippen molar-refractivity contribution in [3.63, 3.8) is 0 Å². The van der Waals surface area contributed by atoms with Crippen LogP contribution in [0.25, 0.3) is 0 Å². The fourth-order valence-corrected chi connectivity index (χ4v) is 1.29. The number of anilines is 1. The molecule has 3 nitrogen and oxygen atoms in total. The van der Waals surface area contributed by atoms with Gasteiger partial charge < -0.3 is 11.1 Å². The Bertz CT molecular complexity index is 352. The number of guanidine groups is 1. The summed E-state index contributed by atoms with van der Waals surface area (Å²) in [5, 5.41) is 2.79. The van der Waals surface area contributed by atoms with Gasteiger partial charge in [-0.1, -0.05) is 0 Å². The normalized spacial score (nSPS) is 11.5. The van der Waals surface area contributed by atoms with Crippen molar-refractivity contribution in [1.82, 2.24) is 0 Å². The van der Waals surface area contributed by atoms with Crippen molar-refractivity contribution in [3.8, 4) is 0 Å². The zero-order valence-corrected chi connectivity index (χ0v) is 9.31. The standard InChI is InChI=1S/C9H11BrFN3/c1-2-13-9(12)14-8-5-6(11)3-4-7(8)10/h3-5H,2H2,1H3,(H3,12,13,14). The second kappa shape index (κ2) is 4.95. The Morgan fingerprint density at radius 2 is 2.36 bits per heavy atom. The summed E-state index contributed by atoms with van der Waals surface area (Å²) in [4.78, 5) is 3.93. The molecule has 3 N–H and O–H groups in total. The van der Waals surface area contributed by atoms with Gasteiger partial charge in [-0.2, -0.15) is 0 Å². The van der Waals surface area contributed by atoms with E-state index < -0.39 is 0 Å². The van der Waals surface area contributed by atoms with Crippen LogP contribution in [0.1, 0.15) is 6.92 Å². The number of aliphatic imine (C=N–C) groups is 1. The molecule has 0 saturated heterocycles. The number of hydrogen-bond donors (Lipinski definition) is 2. The maximum absolute atomic E-state index is 12.8. The molecule has 1 aromatic rings. The SMILES string of the molecule is CCN=C(N)Nc1cc(F)ccc1Br. The van der Waals surface area contributed by atoms with Crippen LogP contribution in [0, 0.1) is 5.82 Å². The second-order valence-corrected chi connectivity index (χ2v) is 3.46. The molecular weight excluding hydrogens is 249 g/mol. The van der Waals surface area contributed by atoms with Crippen LogP contribution in [-0.2, 0) is 0 Å². The highest BCUT2D eigenvalue weighted by atomic mass is 79.9. The van der Waals surface area contributed by atoms with Crippen LogP contribution in [0.4, 0.5) is 10.1 Å². The monoisotopic (exact) mass is 259 g/mol. The van der Waals surface area contributed by atoms with Gasteiger partial charge in [0.2, 0.25) is 0 Å². The second-order valence-electron chi connectivity index (χ2n) is 2.61. The first kappa shape index (κ1) is 11.0. The molecule has 0 atom stereocenters. The summed E-state index contributed by atoms with van der Waals surface area (Å²) in [6.45, 7) is 2.46. The van der Waals surface area contributed by atoms with Gasteiger partial charge in [0.15, 0.2) is 5.96 Å². The number of nitrogens with two attached hydrogens (primary N) is 1. The van der Waals surface area contributed by atoms with Crippen LogP contribution in [0.15, 0.2) is 27.7 Å². The van der Waals surface area contributed by atoms with Crippen molar-refractivity contribution < 1.29 is 4.39 Å². The highest BCUT2D eigenvalue weighted by Crippen LogP contribution is 2.22. The Kier molecular flexibility index (Phi) is 3.88. The van der Waals surface area contributed by atoms with Crippen molar-refractivity contribution in [3.05, 3.63) is 28.5 Å². The van der Waals surface area contributed by atoms with E-state index >= 15 is 0 Å². The molecule has 0 aliphatic heterocycles. The minimum atomic E-state index is -0.319. The number of rotatable bonds is 2. The zero-order valence-electron chi connectivity index (χ0n) is 7.72. The van der Waals surface area contributed by atoms with Gasteiger partial charge in [-0.15, -0.1) is 0 Å². The minimum Gasteiger partial charge on any atom is -0.370 e. The lowest BCUT2D eigenvalue weighted by Crippen LogP contribution is -2.22. The first-order valence-corrected chi connectivity index (χ1v) is 4.94. The molecule has 5 heteroatoms. The van der Waals surface area contributed by atoms with E-state index in [-0.39, 0.29) is 11.8 Å². The van der Waals surface area contributed by atoms with E-state index in [2.05, 4.69) is 26.2 Å². The third-order valence-electron chi connectivity index (χ3n) is 1.52. The summed E-state index contributed by atoms with van der Waals surface area (Å²) >= 11 is 3.27. The van der Waals surface area contributed by atoms with E-state index in [9.17, 15) is 4.39 Å². The molecule has 1 aromatic carbocycles. The highest BCUT2D eigenvalue weighted by Gasteiger charge is 2.01. The van der Waals surface area contributed by atoms with Crippen LogP contribution < -0.4 is 11.1 Å². The number of nitrogens with one attached hydrogen (secondary N) is 1. The lowest BCUT2D eigenvalue weighted by atomic mass is 10.3. The van der Waals surface area contributed by atoms with Gasteiger partial charge in [-0.3, -0.25) is 4.99 Å². The fraction of sp³-hybridized carbons (Fsp3) is 0.222. The topological polar surface area (TPSA) is 50.4 Å². The van der Waals surface area contributed by atoms with Gasteiger partial charge in [-0.05, 0) is 41.1 Å². The average Bonchev–Trinajstić information content (AvgIpc) is 2.12. The van der Waals surface area contributed by atoms with E-state index in [0.29, 0.717) is 12.2 Å². The van der Waals surface area contributed by atoms with Crippen LogP contribution in [0.5, 0.6) is 0 Å². The molecule has 0 aliphatic rings. The molecule has 0 saturated carbocycles. The van der Waals surface area contributed by atoms with Crippen LogP contribution in [-0.4, -0.2) is 12.5 Å². The van der Waals surface area contributed by atoms with E-state index in [1.165, 1.54) is 12.1 Å². The third-order valence-corrected chi connectivity index (χ3v) is 2.21. The molecule has 14 heavy (non-hydrogen) atoms. The largest absolute Gasteiger partial charge is 0.370 e. The van der Waals surface area contributed by atoms with E-state index in [4.69, 9.17) is 5.73 Å². The Hall–Kier alpha value is -1.10. The van der Waals surface area contributed by atoms with Crippen molar-refractivity contribution in [1.29, 1.82) is 0 Å². The molecule has 0 fully saturated rings. The lowest BCUT2D eigenvalue weighted by molar-refractivity contribution is 0.628. The van der Waals surface area contributed by atoms with Crippen molar-refractivity contribution in [2.75, 3.05) is 11.9 Å². The van der Waals surface area contributed by atoms with E-state index in [0.717, 1.165) is 4.47 Å². The molecule has 0 amide bonds. The van der Waals surface area contributed by atoms with Crippen molar-refractivity contribution >= 4 is 27.6 Å². The quantitative estimate of drug-likeness (QED) is 0.633. The molecule has 0 spiro atoms. The maximum atomic E-state index is 12.8. The number of halogens is 2. The first-order chi connectivity index (χ1) is 6.63. The predicted molar refractivity (Wildman–Crippen MR) is 59.9 cm³/mol. The molecule has 1 rings (SSSR count). The highest BCUT2D eigenvalue weighted by molar-refractivity contribution is 9.10. The van der Waals surface area contributed by atoms with E-state index in [1.807, 2.05) is 6.92 Å². The summed E-state index contributed by atoms with van der Waals surface area (Å²) in [6, 6.07) is 4.32. The Morgan fingerprint density at radius 1 is 1.64 bits per heavy atom. The average molecular weight is 260 g/mol. The molecule has 0 heterocycles. The number of hydrogen-bond acceptors (Lipinski definition) is 1. The summed E-state index contributed by atoms with van der Waals surface area (Å²) in [5.41, 5.74) is 6.10. The van der Waals surface area contributed by atoms with Crippen LogP contribution >= 0.6 is 15.9 Å². The van der Waals surface area contributed by atoms with Gasteiger partial charge in [0.25, 0.3) is 0 Å². The summed E-state index contributed by atoms with van der Waals surface area (Å²) in [7, 11) is 0. The number of nitrogens with zero attached hydrogens (tertiary/aromatic N) is 1. The van der Waals surface area contributed by atoms with Crippen LogP contribution in [0.3, 0.4) is 0 Å². The Labute approximate surface area is 90.3 Å². The predicted octanol–water partition coefficient (Wildman–Crippen LogP) is 2.33. The van der Waals surface area contributed by atoms with Gasteiger partial charge >= 0.3 is 0 Å². The van der Waals surface area contributed by atoms with Crippen molar-refractivity contribution in [2.45, 2.75) is 6.92 Å². The molecule has 0 bridgehead atoms. The van der Waals surface area contributed by atoms with Gasteiger partial charge in [0.1, 0.15) is 5.82 Å². The van der Waals surface area contributed by atoms with Gasteiger partial charge in [0, 0.05) is 11.0 Å². The lowest BCUT2D eigenvalue weighted by Gasteiger charge is -2.07. The molecule has 0 unspecified atom stereocenters. The molecule has 76 valence electrons. The Balaban J connectivity index is 2.85. The summed E-state index contributed by atoms with van der Waals surface area (Å²) in [6.07, 6.45) is 0.